The van der Waals surface area contributed by atoms with Crippen LogP contribution in [0.4, 0.5) is 0 Å². The van der Waals surface area contributed by atoms with Crippen LogP contribution in [0.15, 0.2) is 30.3 Å². The molecule has 1 aliphatic rings. The van der Waals surface area contributed by atoms with Crippen LogP contribution in [0, 0.1) is 6.92 Å². The van der Waals surface area contributed by atoms with E-state index in [0.717, 1.165) is 23.5 Å². The van der Waals surface area contributed by atoms with E-state index >= 15 is 0 Å². The van der Waals surface area contributed by atoms with Gasteiger partial charge in [0.05, 0.1) is 11.4 Å². The third-order valence-electron chi connectivity index (χ3n) is 3.90. The van der Waals surface area contributed by atoms with Crippen molar-refractivity contribution in [2.24, 2.45) is 0 Å². The minimum Gasteiger partial charge on any atom is -0.492 e. The molecular weight excluding hydrogens is 294 g/mol. The number of carbonyl (C=O) groups excluding carboxylic acids is 1. The van der Waals surface area contributed by atoms with Crippen molar-refractivity contribution in [3.8, 4) is 5.75 Å². The van der Waals surface area contributed by atoms with Crippen molar-refractivity contribution >= 4 is 17.2 Å². The summed E-state index contributed by atoms with van der Waals surface area (Å²) < 4.78 is 5.62. The number of carbonyl (C=O) groups is 1. The van der Waals surface area contributed by atoms with Crippen LogP contribution in [0.3, 0.4) is 0 Å². The van der Waals surface area contributed by atoms with E-state index in [0.29, 0.717) is 13.2 Å². The van der Waals surface area contributed by atoms with E-state index in [1.807, 2.05) is 31.2 Å². The molecule has 1 aromatic heterocycles. The summed E-state index contributed by atoms with van der Waals surface area (Å²) >= 11 is 1.65. The molecule has 3 rings (SSSR count). The Kier molecular flexibility index (Phi) is 4.78. The number of amides is 1. The van der Waals surface area contributed by atoms with Crippen molar-refractivity contribution < 1.29 is 9.53 Å². The van der Waals surface area contributed by atoms with Crippen LogP contribution in [-0.4, -0.2) is 19.1 Å². The van der Waals surface area contributed by atoms with Gasteiger partial charge in [-0.1, -0.05) is 17.7 Å². The van der Waals surface area contributed by atoms with Crippen LogP contribution in [0.2, 0.25) is 0 Å². The maximum atomic E-state index is 12.2. The van der Waals surface area contributed by atoms with Crippen LogP contribution in [0.1, 0.15) is 38.5 Å². The first-order valence-corrected chi connectivity index (χ1v) is 8.63. The quantitative estimate of drug-likeness (QED) is 0.854. The fraction of sp³-hybridized carbons (Fsp3) is 0.389. The second-order valence-electron chi connectivity index (χ2n) is 5.68. The second-order valence-corrected chi connectivity index (χ2v) is 6.82. The van der Waals surface area contributed by atoms with Crippen molar-refractivity contribution in [1.29, 1.82) is 0 Å². The van der Waals surface area contributed by atoms with E-state index in [1.54, 1.807) is 11.3 Å². The molecule has 1 amide bonds. The molecule has 3 nitrogen and oxygen atoms in total. The zero-order valence-electron chi connectivity index (χ0n) is 12.9. The lowest BCUT2D eigenvalue weighted by Crippen LogP contribution is -2.27. The van der Waals surface area contributed by atoms with Gasteiger partial charge in [-0.05, 0) is 56.4 Å². The summed E-state index contributed by atoms with van der Waals surface area (Å²) in [6.45, 7) is 3.06. The molecule has 1 N–H and O–H groups in total. The highest BCUT2D eigenvalue weighted by molar-refractivity contribution is 7.14. The summed E-state index contributed by atoms with van der Waals surface area (Å²) in [7, 11) is 0. The van der Waals surface area contributed by atoms with Crippen LogP contribution in [-0.2, 0) is 12.8 Å². The highest BCUT2D eigenvalue weighted by atomic mass is 32.1. The third kappa shape index (κ3) is 3.69. The van der Waals surface area contributed by atoms with Gasteiger partial charge >= 0.3 is 0 Å². The highest BCUT2D eigenvalue weighted by Gasteiger charge is 2.16. The van der Waals surface area contributed by atoms with E-state index < -0.39 is 0 Å². The number of rotatable bonds is 5. The minimum absolute atomic E-state index is 0.0203. The Bertz CT molecular complexity index is 622. The Morgan fingerprint density at radius 1 is 1.23 bits per heavy atom. The van der Waals surface area contributed by atoms with Crippen LogP contribution in [0.25, 0.3) is 0 Å². The SMILES string of the molecule is Cc1ccc(OCCNC(=O)c2cc3c(s2)CCCC3)cc1. The first kappa shape index (κ1) is 15.1. The Hall–Kier alpha value is -1.81. The summed E-state index contributed by atoms with van der Waals surface area (Å²) in [5.41, 5.74) is 2.58. The number of hydrogen-bond acceptors (Lipinski definition) is 3. The average Bonchev–Trinajstić information content (AvgIpc) is 2.97. The molecule has 0 atom stereocenters. The van der Waals surface area contributed by atoms with Crippen molar-refractivity contribution in [3.63, 3.8) is 0 Å². The molecule has 4 heteroatoms. The fourth-order valence-electron chi connectivity index (χ4n) is 2.66. The summed E-state index contributed by atoms with van der Waals surface area (Å²) in [5.74, 6) is 0.860. The normalized spacial score (nSPS) is 13.5. The number of benzene rings is 1. The summed E-state index contributed by atoms with van der Waals surface area (Å²) in [5, 5.41) is 2.94. The standard InChI is InChI=1S/C18H21NO2S/c1-13-6-8-15(9-7-13)21-11-10-19-18(20)17-12-14-4-2-3-5-16(14)22-17/h6-9,12H,2-5,10-11H2,1H3,(H,19,20). The molecule has 0 spiro atoms. The van der Waals surface area contributed by atoms with Gasteiger partial charge in [-0.25, -0.2) is 0 Å². The van der Waals surface area contributed by atoms with E-state index in [1.165, 1.54) is 28.8 Å². The molecule has 0 unspecified atom stereocenters. The molecule has 0 aliphatic heterocycles. The van der Waals surface area contributed by atoms with E-state index in [9.17, 15) is 4.79 Å². The van der Waals surface area contributed by atoms with Gasteiger partial charge in [0.15, 0.2) is 0 Å². The largest absolute Gasteiger partial charge is 0.492 e. The van der Waals surface area contributed by atoms with Crippen molar-refractivity contribution in [1.82, 2.24) is 5.32 Å². The first-order chi connectivity index (χ1) is 10.7. The van der Waals surface area contributed by atoms with Crippen LogP contribution >= 0.6 is 11.3 Å². The Labute approximate surface area is 135 Å². The summed E-state index contributed by atoms with van der Waals surface area (Å²) in [6, 6.07) is 10.00. The average molecular weight is 315 g/mol. The highest BCUT2D eigenvalue weighted by Crippen LogP contribution is 2.29. The molecule has 1 aliphatic carbocycles. The number of fused-ring (bicyclic) bond motifs is 1. The van der Waals surface area contributed by atoms with Gasteiger partial charge in [-0.3, -0.25) is 4.79 Å². The Morgan fingerprint density at radius 2 is 2.00 bits per heavy atom. The molecule has 0 radical (unpaired) electrons. The summed E-state index contributed by atoms with van der Waals surface area (Å²) in [6.07, 6.45) is 4.74. The Morgan fingerprint density at radius 3 is 2.77 bits per heavy atom. The van der Waals surface area contributed by atoms with Gasteiger partial charge in [0.25, 0.3) is 5.91 Å². The lowest BCUT2D eigenvalue weighted by Gasteiger charge is -2.08. The first-order valence-electron chi connectivity index (χ1n) is 7.81. The van der Waals surface area contributed by atoms with Gasteiger partial charge < -0.3 is 10.1 Å². The van der Waals surface area contributed by atoms with Crippen LogP contribution < -0.4 is 10.1 Å². The van der Waals surface area contributed by atoms with Crippen molar-refractivity contribution in [3.05, 3.63) is 51.2 Å². The molecular formula is C18H21NO2S. The number of ether oxygens (including phenoxy) is 1. The van der Waals surface area contributed by atoms with Crippen LogP contribution in [0.5, 0.6) is 5.75 Å². The van der Waals surface area contributed by atoms with E-state index in [4.69, 9.17) is 4.74 Å². The van der Waals surface area contributed by atoms with Crippen molar-refractivity contribution in [2.45, 2.75) is 32.6 Å². The predicted octanol–water partition coefficient (Wildman–Crippen LogP) is 3.74. The predicted molar refractivity (Wildman–Crippen MR) is 90.0 cm³/mol. The molecule has 2 aromatic rings. The maximum absolute atomic E-state index is 12.2. The van der Waals surface area contributed by atoms with Gasteiger partial charge in [0, 0.05) is 4.88 Å². The Balaban J connectivity index is 1.46. The molecule has 0 bridgehead atoms. The molecule has 0 saturated carbocycles. The number of aryl methyl sites for hydroxylation is 3. The van der Waals surface area contributed by atoms with Gasteiger partial charge in [-0.2, -0.15) is 0 Å². The van der Waals surface area contributed by atoms with E-state index in [-0.39, 0.29) is 5.91 Å². The zero-order chi connectivity index (χ0) is 15.4. The lowest BCUT2D eigenvalue weighted by molar-refractivity contribution is 0.0951. The molecule has 0 fully saturated rings. The minimum atomic E-state index is 0.0203. The van der Waals surface area contributed by atoms with E-state index in [2.05, 4.69) is 11.4 Å². The molecule has 22 heavy (non-hydrogen) atoms. The third-order valence-corrected chi connectivity index (χ3v) is 5.13. The van der Waals surface area contributed by atoms with Gasteiger partial charge in [0.1, 0.15) is 12.4 Å². The maximum Gasteiger partial charge on any atom is 0.261 e. The molecule has 0 saturated heterocycles. The summed E-state index contributed by atoms with van der Waals surface area (Å²) in [4.78, 5) is 14.4. The van der Waals surface area contributed by atoms with Crippen molar-refractivity contribution in [2.75, 3.05) is 13.2 Å². The second kappa shape index (κ2) is 6.97. The number of hydrogen-bond donors (Lipinski definition) is 1. The topological polar surface area (TPSA) is 38.3 Å². The molecule has 116 valence electrons. The molecule has 1 heterocycles. The number of nitrogens with one attached hydrogen (secondary N) is 1. The monoisotopic (exact) mass is 315 g/mol. The smallest absolute Gasteiger partial charge is 0.261 e. The fourth-order valence-corrected chi connectivity index (χ4v) is 3.83. The van der Waals surface area contributed by atoms with Gasteiger partial charge in [-0.15, -0.1) is 11.3 Å². The van der Waals surface area contributed by atoms with Gasteiger partial charge in [0.2, 0.25) is 0 Å². The molecule has 1 aromatic carbocycles. The number of thiophene rings is 1. The lowest BCUT2D eigenvalue weighted by atomic mass is 9.99. The zero-order valence-corrected chi connectivity index (χ0v) is 13.7.